The molecule has 0 amide bonds. The molecule has 0 bridgehead atoms. The van der Waals surface area contributed by atoms with E-state index in [0.29, 0.717) is 12.1 Å². The normalized spacial score (nSPS) is 25.3. The predicted octanol–water partition coefficient (Wildman–Crippen LogP) is 1.47. The zero-order valence-electron chi connectivity index (χ0n) is 11.2. The molecule has 0 aliphatic carbocycles. The Morgan fingerprint density at radius 3 is 2.25 bits per heavy atom. The van der Waals surface area contributed by atoms with Gasteiger partial charge in [-0.2, -0.15) is 0 Å². The van der Waals surface area contributed by atoms with E-state index in [4.69, 9.17) is 0 Å². The Labute approximate surface area is 100 Å². The van der Waals surface area contributed by atoms with Gasteiger partial charge in [-0.3, -0.25) is 4.90 Å². The third-order valence-corrected chi connectivity index (χ3v) is 4.08. The van der Waals surface area contributed by atoms with Crippen molar-refractivity contribution in [2.45, 2.75) is 58.7 Å². The number of hydrogen-bond acceptors (Lipinski definition) is 3. The fourth-order valence-corrected chi connectivity index (χ4v) is 2.62. The molecule has 1 aliphatic heterocycles. The molecule has 0 aromatic carbocycles. The maximum absolute atomic E-state index is 9.58. The number of aliphatic hydroxyl groups is 1. The molecular weight excluding hydrogens is 200 g/mol. The van der Waals surface area contributed by atoms with E-state index in [-0.39, 0.29) is 6.10 Å². The molecule has 1 heterocycles. The second-order valence-electron chi connectivity index (χ2n) is 5.20. The largest absolute Gasteiger partial charge is 0.392 e. The molecular formula is C13H28N2O. The van der Waals surface area contributed by atoms with E-state index in [9.17, 15) is 5.11 Å². The van der Waals surface area contributed by atoms with E-state index in [1.807, 2.05) is 6.92 Å². The minimum atomic E-state index is -0.220. The molecule has 1 aliphatic rings. The molecule has 1 fully saturated rings. The van der Waals surface area contributed by atoms with Gasteiger partial charge in [0.1, 0.15) is 0 Å². The second kappa shape index (κ2) is 6.58. The van der Waals surface area contributed by atoms with Crippen molar-refractivity contribution in [1.82, 2.24) is 10.2 Å². The first-order valence-electron chi connectivity index (χ1n) is 6.71. The lowest BCUT2D eigenvalue weighted by Crippen LogP contribution is -2.47. The fourth-order valence-electron chi connectivity index (χ4n) is 2.62. The second-order valence-corrected chi connectivity index (χ2v) is 5.20. The van der Waals surface area contributed by atoms with Crippen LogP contribution in [-0.2, 0) is 0 Å². The summed E-state index contributed by atoms with van der Waals surface area (Å²) in [6, 6.07) is 0.935. The third kappa shape index (κ3) is 3.72. The molecule has 3 atom stereocenters. The molecule has 96 valence electrons. The molecule has 0 aromatic rings. The Hall–Kier alpha value is -0.120. The Morgan fingerprint density at radius 2 is 1.81 bits per heavy atom. The minimum Gasteiger partial charge on any atom is -0.392 e. The lowest BCUT2D eigenvalue weighted by molar-refractivity contribution is 0.0441. The summed E-state index contributed by atoms with van der Waals surface area (Å²) in [4.78, 5) is 2.42. The standard InChI is InChI=1S/C13H28N2O/c1-5-14-10(2)13-6-8-15(9-7-13)11(3)12(4)16/h10-14,16H,5-9H2,1-4H3. The number of nitrogens with zero attached hydrogens (tertiary/aromatic N) is 1. The van der Waals surface area contributed by atoms with Crippen LogP contribution in [-0.4, -0.2) is 47.8 Å². The van der Waals surface area contributed by atoms with Gasteiger partial charge < -0.3 is 10.4 Å². The lowest BCUT2D eigenvalue weighted by atomic mass is 9.89. The average molecular weight is 228 g/mol. The van der Waals surface area contributed by atoms with Crippen LogP contribution in [0.2, 0.25) is 0 Å². The molecule has 3 nitrogen and oxygen atoms in total. The smallest absolute Gasteiger partial charge is 0.0664 e. The summed E-state index contributed by atoms with van der Waals surface area (Å²) in [7, 11) is 0. The first kappa shape index (κ1) is 13.9. The van der Waals surface area contributed by atoms with Crippen molar-refractivity contribution >= 4 is 0 Å². The van der Waals surface area contributed by atoms with Gasteiger partial charge >= 0.3 is 0 Å². The van der Waals surface area contributed by atoms with E-state index < -0.39 is 0 Å². The maximum Gasteiger partial charge on any atom is 0.0664 e. The van der Waals surface area contributed by atoms with Crippen LogP contribution in [0.3, 0.4) is 0 Å². The maximum atomic E-state index is 9.58. The summed E-state index contributed by atoms with van der Waals surface area (Å²) in [5, 5.41) is 13.1. The topological polar surface area (TPSA) is 35.5 Å². The zero-order valence-corrected chi connectivity index (χ0v) is 11.2. The monoisotopic (exact) mass is 228 g/mol. The quantitative estimate of drug-likeness (QED) is 0.748. The highest BCUT2D eigenvalue weighted by atomic mass is 16.3. The summed E-state index contributed by atoms with van der Waals surface area (Å²) in [5.41, 5.74) is 0. The van der Waals surface area contributed by atoms with Gasteiger partial charge in [0.25, 0.3) is 0 Å². The molecule has 3 unspecified atom stereocenters. The van der Waals surface area contributed by atoms with Crippen molar-refractivity contribution in [1.29, 1.82) is 0 Å². The molecule has 0 spiro atoms. The van der Waals surface area contributed by atoms with E-state index in [0.717, 1.165) is 25.6 Å². The first-order valence-corrected chi connectivity index (χ1v) is 6.71. The molecule has 1 rings (SSSR count). The van der Waals surface area contributed by atoms with Gasteiger partial charge in [0.15, 0.2) is 0 Å². The Morgan fingerprint density at radius 1 is 1.25 bits per heavy atom. The van der Waals surface area contributed by atoms with Crippen LogP contribution in [0.5, 0.6) is 0 Å². The number of hydrogen-bond donors (Lipinski definition) is 2. The van der Waals surface area contributed by atoms with Crippen LogP contribution in [0.4, 0.5) is 0 Å². The van der Waals surface area contributed by atoms with Crippen molar-refractivity contribution in [3.05, 3.63) is 0 Å². The van der Waals surface area contributed by atoms with Crippen LogP contribution >= 0.6 is 0 Å². The lowest BCUT2D eigenvalue weighted by Gasteiger charge is -2.39. The molecule has 2 N–H and O–H groups in total. The highest BCUT2D eigenvalue weighted by Crippen LogP contribution is 2.22. The highest BCUT2D eigenvalue weighted by molar-refractivity contribution is 4.82. The number of rotatable bonds is 5. The molecule has 0 radical (unpaired) electrons. The summed E-state index contributed by atoms with van der Waals surface area (Å²) in [5.74, 6) is 0.803. The van der Waals surface area contributed by atoms with Crippen molar-refractivity contribution in [2.75, 3.05) is 19.6 Å². The van der Waals surface area contributed by atoms with Crippen LogP contribution in [0.25, 0.3) is 0 Å². The SMILES string of the molecule is CCNC(C)C1CCN(C(C)C(C)O)CC1. The van der Waals surface area contributed by atoms with E-state index in [1.54, 1.807) is 0 Å². The van der Waals surface area contributed by atoms with E-state index in [1.165, 1.54) is 12.8 Å². The Bertz CT molecular complexity index is 188. The molecule has 0 saturated carbocycles. The van der Waals surface area contributed by atoms with Gasteiger partial charge in [-0.05, 0) is 59.2 Å². The summed E-state index contributed by atoms with van der Waals surface area (Å²) < 4.78 is 0. The number of nitrogens with one attached hydrogen (secondary N) is 1. The minimum absolute atomic E-state index is 0.220. The molecule has 0 aromatic heterocycles. The predicted molar refractivity (Wildman–Crippen MR) is 68.6 cm³/mol. The fraction of sp³-hybridized carbons (Fsp3) is 1.00. The summed E-state index contributed by atoms with van der Waals surface area (Å²) >= 11 is 0. The van der Waals surface area contributed by atoms with E-state index in [2.05, 4.69) is 31.0 Å². The van der Waals surface area contributed by atoms with Gasteiger partial charge in [-0.15, -0.1) is 0 Å². The molecule has 16 heavy (non-hydrogen) atoms. The first-order chi connectivity index (χ1) is 7.56. The third-order valence-electron chi connectivity index (χ3n) is 4.08. The molecule has 3 heteroatoms. The zero-order chi connectivity index (χ0) is 12.1. The van der Waals surface area contributed by atoms with Gasteiger partial charge in [0.2, 0.25) is 0 Å². The van der Waals surface area contributed by atoms with Crippen LogP contribution in [0, 0.1) is 5.92 Å². The van der Waals surface area contributed by atoms with Gasteiger partial charge in [0.05, 0.1) is 6.10 Å². The summed E-state index contributed by atoms with van der Waals surface area (Å²) in [6.07, 6.45) is 2.29. The van der Waals surface area contributed by atoms with Crippen molar-refractivity contribution in [2.24, 2.45) is 5.92 Å². The highest BCUT2D eigenvalue weighted by Gasteiger charge is 2.27. The molecule has 1 saturated heterocycles. The van der Waals surface area contributed by atoms with Crippen molar-refractivity contribution in [3.8, 4) is 0 Å². The van der Waals surface area contributed by atoms with Crippen LogP contribution in [0.15, 0.2) is 0 Å². The average Bonchev–Trinajstić information content (AvgIpc) is 2.28. The van der Waals surface area contributed by atoms with Crippen molar-refractivity contribution in [3.63, 3.8) is 0 Å². The summed E-state index contributed by atoms with van der Waals surface area (Å²) in [6.45, 7) is 11.8. The van der Waals surface area contributed by atoms with E-state index >= 15 is 0 Å². The Kier molecular flexibility index (Phi) is 5.73. The van der Waals surface area contributed by atoms with Gasteiger partial charge in [0, 0.05) is 12.1 Å². The number of aliphatic hydroxyl groups excluding tert-OH is 1. The number of likely N-dealkylation sites (tertiary alicyclic amines) is 1. The van der Waals surface area contributed by atoms with Crippen LogP contribution in [0.1, 0.15) is 40.5 Å². The van der Waals surface area contributed by atoms with Crippen molar-refractivity contribution < 1.29 is 5.11 Å². The van der Waals surface area contributed by atoms with Gasteiger partial charge in [-0.1, -0.05) is 6.92 Å². The number of piperidine rings is 1. The Balaban J connectivity index is 2.33. The van der Waals surface area contributed by atoms with Gasteiger partial charge in [-0.25, -0.2) is 0 Å². The van der Waals surface area contributed by atoms with Crippen LogP contribution < -0.4 is 5.32 Å².